The first-order valence-electron chi connectivity index (χ1n) is 3.09. The zero-order valence-corrected chi connectivity index (χ0v) is 5.52. The normalized spacial score (nSPS) is 36.0. The monoisotopic (exact) mass is 129 g/mol. The van der Waals surface area contributed by atoms with E-state index in [1.54, 1.807) is 6.92 Å². The van der Waals surface area contributed by atoms with Crippen LogP contribution in [0.25, 0.3) is 0 Å². The van der Waals surface area contributed by atoms with Crippen molar-refractivity contribution in [2.45, 2.75) is 25.3 Å². The molecule has 0 saturated carbocycles. The molecule has 2 N–H and O–H groups in total. The van der Waals surface area contributed by atoms with Crippen molar-refractivity contribution in [3.05, 3.63) is 0 Å². The van der Waals surface area contributed by atoms with Gasteiger partial charge in [0.15, 0.2) is 0 Å². The van der Waals surface area contributed by atoms with Crippen molar-refractivity contribution < 1.29 is 9.53 Å². The molecule has 0 aromatic carbocycles. The van der Waals surface area contributed by atoms with Crippen molar-refractivity contribution in [2.75, 3.05) is 6.61 Å². The van der Waals surface area contributed by atoms with E-state index in [2.05, 4.69) is 0 Å². The average molecular weight is 129 g/mol. The van der Waals surface area contributed by atoms with Crippen molar-refractivity contribution in [2.24, 2.45) is 5.73 Å². The zero-order valence-electron chi connectivity index (χ0n) is 5.52. The summed E-state index contributed by atoms with van der Waals surface area (Å²) >= 11 is 0. The summed E-state index contributed by atoms with van der Waals surface area (Å²) in [6.07, 6.45) is 1.63. The molecule has 3 heteroatoms. The quantitative estimate of drug-likeness (QED) is 0.470. The third-order valence-electron chi connectivity index (χ3n) is 1.54. The first kappa shape index (κ1) is 6.55. The van der Waals surface area contributed by atoms with E-state index in [1.165, 1.54) is 0 Å². The minimum atomic E-state index is -0.724. The molecule has 1 saturated heterocycles. The van der Waals surface area contributed by atoms with Gasteiger partial charge in [-0.1, -0.05) is 0 Å². The van der Waals surface area contributed by atoms with Crippen LogP contribution < -0.4 is 5.73 Å². The molecule has 0 spiro atoms. The number of hydrogen-bond donors (Lipinski definition) is 1. The number of esters is 1. The number of cyclic esters (lactones) is 1. The Balaban J connectivity index is 2.60. The molecule has 0 aliphatic carbocycles. The Hall–Kier alpha value is -0.570. The van der Waals surface area contributed by atoms with Crippen molar-refractivity contribution in [1.82, 2.24) is 0 Å². The fourth-order valence-corrected chi connectivity index (χ4v) is 0.871. The number of carbonyl (C=O) groups excluding carboxylic acids is 1. The van der Waals surface area contributed by atoms with Gasteiger partial charge in [0.05, 0.1) is 6.61 Å². The Morgan fingerprint density at radius 1 is 1.78 bits per heavy atom. The highest BCUT2D eigenvalue weighted by Gasteiger charge is 2.32. The number of hydrogen-bond acceptors (Lipinski definition) is 3. The summed E-state index contributed by atoms with van der Waals surface area (Å²) in [5.41, 5.74) is 4.82. The maximum absolute atomic E-state index is 10.8. The van der Waals surface area contributed by atoms with Gasteiger partial charge in [0.1, 0.15) is 5.54 Å². The van der Waals surface area contributed by atoms with E-state index in [1.807, 2.05) is 0 Å². The molecule has 0 aromatic heterocycles. The lowest BCUT2D eigenvalue weighted by Gasteiger charge is -2.26. The van der Waals surface area contributed by atoms with Crippen LogP contribution in [0.5, 0.6) is 0 Å². The molecule has 1 fully saturated rings. The van der Waals surface area contributed by atoms with Gasteiger partial charge in [-0.2, -0.15) is 0 Å². The molecule has 0 radical (unpaired) electrons. The second-order valence-corrected chi connectivity index (χ2v) is 2.66. The molecular weight excluding hydrogens is 118 g/mol. The van der Waals surface area contributed by atoms with Crippen molar-refractivity contribution in [1.29, 1.82) is 0 Å². The molecule has 1 aliphatic heterocycles. The zero-order chi connectivity index (χ0) is 6.91. The lowest BCUT2D eigenvalue weighted by Crippen LogP contribution is -2.48. The fourth-order valence-electron chi connectivity index (χ4n) is 0.871. The van der Waals surface area contributed by atoms with Gasteiger partial charge in [-0.3, -0.25) is 4.79 Å². The summed E-state index contributed by atoms with van der Waals surface area (Å²) in [5, 5.41) is 0. The van der Waals surface area contributed by atoms with Crippen molar-refractivity contribution >= 4 is 5.97 Å². The number of rotatable bonds is 0. The van der Waals surface area contributed by atoms with Crippen LogP contribution in [0, 0.1) is 0 Å². The average Bonchev–Trinajstić information content (AvgIpc) is 1.77. The lowest BCUT2D eigenvalue weighted by molar-refractivity contribution is -0.153. The Kier molecular flexibility index (Phi) is 1.45. The Morgan fingerprint density at radius 3 is 2.78 bits per heavy atom. The van der Waals surface area contributed by atoms with Crippen LogP contribution in [0.2, 0.25) is 0 Å². The molecule has 1 rings (SSSR count). The number of ether oxygens (including phenoxy) is 1. The predicted octanol–water partition coefficient (Wildman–Crippen LogP) is 0.0408. The first-order valence-corrected chi connectivity index (χ1v) is 3.09. The highest BCUT2D eigenvalue weighted by atomic mass is 16.5. The summed E-state index contributed by atoms with van der Waals surface area (Å²) in [7, 11) is 0. The van der Waals surface area contributed by atoms with Crippen molar-refractivity contribution in [3.63, 3.8) is 0 Å². The van der Waals surface area contributed by atoms with Gasteiger partial charge in [-0.25, -0.2) is 0 Å². The number of nitrogens with two attached hydrogens (primary N) is 1. The molecule has 0 bridgehead atoms. The highest BCUT2D eigenvalue weighted by molar-refractivity contribution is 5.80. The minimum Gasteiger partial charge on any atom is -0.464 e. The summed E-state index contributed by atoms with van der Waals surface area (Å²) in [6, 6.07) is 0. The van der Waals surface area contributed by atoms with Crippen LogP contribution in [-0.2, 0) is 9.53 Å². The van der Waals surface area contributed by atoms with E-state index >= 15 is 0 Å². The topological polar surface area (TPSA) is 52.3 Å². The summed E-state index contributed by atoms with van der Waals surface area (Å²) in [5.74, 6) is -0.270. The van der Waals surface area contributed by atoms with E-state index in [4.69, 9.17) is 10.5 Å². The molecule has 9 heavy (non-hydrogen) atoms. The lowest BCUT2D eigenvalue weighted by atomic mass is 9.96. The molecule has 0 aromatic rings. The van der Waals surface area contributed by atoms with Crippen LogP contribution in [0.4, 0.5) is 0 Å². The van der Waals surface area contributed by atoms with E-state index in [0.29, 0.717) is 6.61 Å². The SMILES string of the molecule is CC1(N)CCCOC1=O. The molecule has 1 heterocycles. The predicted molar refractivity (Wildman–Crippen MR) is 32.8 cm³/mol. The molecular formula is C6H11NO2. The highest BCUT2D eigenvalue weighted by Crippen LogP contribution is 2.15. The molecule has 1 aliphatic rings. The second kappa shape index (κ2) is 1.99. The van der Waals surface area contributed by atoms with Gasteiger partial charge in [0.25, 0.3) is 0 Å². The third-order valence-corrected chi connectivity index (χ3v) is 1.54. The maximum atomic E-state index is 10.8. The first-order chi connectivity index (χ1) is 4.13. The van der Waals surface area contributed by atoms with Gasteiger partial charge in [-0.05, 0) is 19.8 Å². The number of carbonyl (C=O) groups is 1. The van der Waals surface area contributed by atoms with Gasteiger partial charge >= 0.3 is 5.97 Å². The Morgan fingerprint density at radius 2 is 2.44 bits per heavy atom. The van der Waals surface area contributed by atoms with Gasteiger partial charge in [0, 0.05) is 0 Å². The second-order valence-electron chi connectivity index (χ2n) is 2.66. The molecule has 3 nitrogen and oxygen atoms in total. The standard InChI is InChI=1S/C6H11NO2/c1-6(7)3-2-4-9-5(6)8/h2-4,7H2,1H3. The Labute approximate surface area is 54.2 Å². The van der Waals surface area contributed by atoms with Crippen LogP contribution >= 0.6 is 0 Å². The molecule has 52 valence electrons. The van der Waals surface area contributed by atoms with Gasteiger partial charge in [0.2, 0.25) is 0 Å². The molecule has 0 amide bonds. The van der Waals surface area contributed by atoms with Crippen LogP contribution in [-0.4, -0.2) is 18.1 Å². The summed E-state index contributed by atoms with van der Waals surface area (Å²) in [4.78, 5) is 10.8. The largest absolute Gasteiger partial charge is 0.464 e. The van der Waals surface area contributed by atoms with E-state index < -0.39 is 5.54 Å². The molecule has 1 unspecified atom stereocenters. The van der Waals surface area contributed by atoms with Gasteiger partial charge in [-0.15, -0.1) is 0 Å². The minimum absolute atomic E-state index is 0.270. The van der Waals surface area contributed by atoms with Crippen molar-refractivity contribution in [3.8, 4) is 0 Å². The third kappa shape index (κ3) is 1.21. The summed E-state index contributed by atoms with van der Waals surface area (Å²) in [6.45, 7) is 2.24. The fraction of sp³-hybridized carbons (Fsp3) is 0.833. The maximum Gasteiger partial charge on any atom is 0.325 e. The summed E-state index contributed by atoms with van der Waals surface area (Å²) < 4.78 is 4.73. The van der Waals surface area contributed by atoms with E-state index in [0.717, 1.165) is 12.8 Å². The van der Waals surface area contributed by atoms with E-state index in [9.17, 15) is 4.79 Å². The van der Waals surface area contributed by atoms with Crippen LogP contribution in [0.15, 0.2) is 0 Å². The molecule has 1 atom stereocenters. The smallest absolute Gasteiger partial charge is 0.325 e. The van der Waals surface area contributed by atoms with E-state index in [-0.39, 0.29) is 5.97 Å². The Bertz CT molecular complexity index is 131. The van der Waals surface area contributed by atoms with Crippen LogP contribution in [0.3, 0.4) is 0 Å². The van der Waals surface area contributed by atoms with Crippen LogP contribution in [0.1, 0.15) is 19.8 Å². The van der Waals surface area contributed by atoms with Gasteiger partial charge < -0.3 is 10.5 Å².